The summed E-state index contributed by atoms with van der Waals surface area (Å²) in [5.74, 6) is -0.865. The number of alkyl halides is 3. The molecule has 0 aromatic heterocycles. The van der Waals surface area contributed by atoms with Gasteiger partial charge < -0.3 is 4.90 Å². The minimum atomic E-state index is -2.71. The molecule has 1 aromatic rings. The van der Waals surface area contributed by atoms with Crippen LogP contribution in [0.25, 0.3) is 0 Å². The van der Waals surface area contributed by atoms with Gasteiger partial charge >= 0.3 is 0 Å². The lowest BCUT2D eigenvalue weighted by molar-refractivity contribution is 0.0174. The monoisotopic (exact) mass is 427 g/mol. The van der Waals surface area contributed by atoms with Crippen LogP contribution < -0.4 is 0 Å². The number of benzene rings is 1. The van der Waals surface area contributed by atoms with Crippen molar-refractivity contribution in [3.63, 3.8) is 0 Å². The lowest BCUT2D eigenvalue weighted by Gasteiger charge is -2.35. The van der Waals surface area contributed by atoms with Gasteiger partial charge in [0.25, 0.3) is 5.92 Å². The minimum Gasteiger partial charge on any atom is -0.354 e. The van der Waals surface area contributed by atoms with E-state index in [1.807, 2.05) is 14.0 Å². The molecule has 29 heavy (non-hydrogen) atoms. The summed E-state index contributed by atoms with van der Waals surface area (Å²) >= 11 is 5.77. The number of unbranched alkanes of at least 4 members (excludes halogenated alkanes) is 2. The number of piperazine rings is 1. The summed E-state index contributed by atoms with van der Waals surface area (Å²) in [6.45, 7) is 10.3. The molecule has 0 radical (unpaired) electrons. The van der Waals surface area contributed by atoms with Crippen LogP contribution in [0, 0.1) is 6.92 Å². The molecule has 0 aliphatic carbocycles. The number of allylic oxidation sites excluding steroid dienone is 1. The van der Waals surface area contributed by atoms with Crippen molar-refractivity contribution in [1.82, 2.24) is 9.80 Å². The Morgan fingerprint density at radius 2 is 1.79 bits per heavy atom. The van der Waals surface area contributed by atoms with Gasteiger partial charge in [0.2, 0.25) is 0 Å². The molecule has 0 unspecified atom stereocenters. The number of hydrogen-bond donors (Lipinski definition) is 0. The third kappa shape index (κ3) is 10.2. The van der Waals surface area contributed by atoms with E-state index in [-0.39, 0.29) is 5.56 Å². The molecule has 1 aliphatic heterocycles. The van der Waals surface area contributed by atoms with Crippen molar-refractivity contribution in [3.05, 3.63) is 47.5 Å². The molecule has 2 rings (SSSR count). The Balaban J connectivity index is 0.000000326. The largest absolute Gasteiger partial charge is 0.354 e. The predicted molar refractivity (Wildman–Crippen MR) is 122 cm³/mol. The van der Waals surface area contributed by atoms with E-state index in [2.05, 4.69) is 33.9 Å². The SMILES string of the molecule is CCCC/C=C\C(=NC)N1CCN(CCCl)CC1.Cc1ccc(C(C)(F)F)cc1. The van der Waals surface area contributed by atoms with Crippen molar-refractivity contribution < 1.29 is 8.78 Å². The zero-order chi connectivity index (χ0) is 21.7. The zero-order valence-corrected chi connectivity index (χ0v) is 19.1. The van der Waals surface area contributed by atoms with Crippen LogP contribution in [0.5, 0.6) is 0 Å². The molecule has 1 aliphatic rings. The molecule has 0 spiro atoms. The van der Waals surface area contributed by atoms with E-state index in [0.717, 1.165) is 63.3 Å². The first kappa shape index (κ1) is 25.6. The fourth-order valence-electron chi connectivity index (χ4n) is 3.00. The fraction of sp³-hybridized carbons (Fsp3) is 0.609. The maximum absolute atomic E-state index is 12.6. The fourth-order valence-corrected chi connectivity index (χ4v) is 3.24. The van der Waals surface area contributed by atoms with Crippen LogP contribution in [0.3, 0.4) is 0 Å². The smallest absolute Gasteiger partial charge is 0.270 e. The molecule has 6 heteroatoms. The number of aliphatic imine (C=N–C) groups is 1. The van der Waals surface area contributed by atoms with Gasteiger partial charge in [0.1, 0.15) is 5.84 Å². The quantitative estimate of drug-likeness (QED) is 0.239. The van der Waals surface area contributed by atoms with Crippen LogP contribution in [0.1, 0.15) is 44.2 Å². The number of nitrogens with zero attached hydrogens (tertiary/aromatic N) is 3. The maximum Gasteiger partial charge on any atom is 0.270 e. The first-order chi connectivity index (χ1) is 13.8. The number of hydrogen-bond acceptors (Lipinski definition) is 2. The van der Waals surface area contributed by atoms with Crippen molar-refractivity contribution in [2.75, 3.05) is 45.7 Å². The van der Waals surface area contributed by atoms with Crippen molar-refractivity contribution >= 4 is 17.4 Å². The molecule has 1 aromatic carbocycles. The van der Waals surface area contributed by atoms with Gasteiger partial charge in [-0.1, -0.05) is 55.7 Å². The third-order valence-corrected chi connectivity index (χ3v) is 5.04. The highest BCUT2D eigenvalue weighted by Gasteiger charge is 2.23. The molecular weight excluding hydrogens is 392 g/mol. The Bertz CT molecular complexity index is 616. The Hall–Kier alpha value is -1.46. The standard InChI is InChI=1S/C14H26ClN3.C9H10F2/c1-3-4-5-6-7-14(16-2)18-12-10-17(9-8-15)11-13-18;1-7-3-5-8(6-4-7)9(2,10)11/h6-7H,3-5,8-13H2,1-2H3;3-6H,1-2H3/b7-6-,16-14?;. The van der Waals surface area contributed by atoms with Gasteiger partial charge in [0.05, 0.1) is 0 Å². The Labute approximate surface area is 180 Å². The van der Waals surface area contributed by atoms with Crippen molar-refractivity contribution in [2.24, 2.45) is 4.99 Å². The van der Waals surface area contributed by atoms with Gasteiger partial charge in [-0.25, -0.2) is 8.78 Å². The molecule has 3 nitrogen and oxygen atoms in total. The summed E-state index contributed by atoms with van der Waals surface area (Å²) < 4.78 is 25.2. The highest BCUT2D eigenvalue weighted by Crippen LogP contribution is 2.26. The Morgan fingerprint density at radius 1 is 1.17 bits per heavy atom. The normalized spacial score (nSPS) is 16.1. The van der Waals surface area contributed by atoms with E-state index in [4.69, 9.17) is 11.6 Å². The molecule has 0 N–H and O–H groups in total. The minimum absolute atomic E-state index is 0.0723. The average molecular weight is 428 g/mol. The van der Waals surface area contributed by atoms with E-state index in [0.29, 0.717) is 0 Å². The number of amidine groups is 1. The summed E-state index contributed by atoms with van der Waals surface area (Å²) in [5, 5.41) is 0. The topological polar surface area (TPSA) is 18.8 Å². The summed E-state index contributed by atoms with van der Waals surface area (Å²) in [7, 11) is 1.88. The zero-order valence-electron chi connectivity index (χ0n) is 18.3. The molecule has 164 valence electrons. The van der Waals surface area contributed by atoms with Crippen molar-refractivity contribution in [1.29, 1.82) is 0 Å². The predicted octanol–water partition coefficient (Wildman–Crippen LogP) is 5.72. The molecular formula is C23H36ClF2N3. The molecule has 0 amide bonds. The van der Waals surface area contributed by atoms with Gasteiger partial charge in [-0.05, 0) is 19.4 Å². The van der Waals surface area contributed by atoms with Crippen LogP contribution in [0.4, 0.5) is 8.78 Å². The number of rotatable bonds is 7. The first-order valence-corrected chi connectivity index (χ1v) is 11.0. The van der Waals surface area contributed by atoms with Gasteiger partial charge in [0, 0.05) is 58.1 Å². The summed E-state index contributed by atoms with van der Waals surface area (Å²) in [6.07, 6.45) is 8.09. The van der Waals surface area contributed by atoms with E-state index in [1.165, 1.54) is 25.0 Å². The first-order valence-electron chi connectivity index (χ1n) is 10.4. The van der Waals surface area contributed by atoms with Gasteiger partial charge in [-0.15, -0.1) is 11.6 Å². The van der Waals surface area contributed by atoms with Gasteiger partial charge in [0.15, 0.2) is 0 Å². The lowest BCUT2D eigenvalue weighted by Crippen LogP contribution is -2.48. The number of aryl methyl sites for hydroxylation is 1. The molecule has 0 atom stereocenters. The van der Waals surface area contributed by atoms with Crippen molar-refractivity contribution in [3.8, 4) is 0 Å². The Kier molecular flexibility index (Phi) is 12.1. The van der Waals surface area contributed by atoms with Gasteiger partial charge in [-0.2, -0.15) is 0 Å². The highest BCUT2D eigenvalue weighted by molar-refractivity contribution is 6.18. The van der Waals surface area contributed by atoms with Gasteiger partial charge in [-0.3, -0.25) is 9.89 Å². The highest BCUT2D eigenvalue weighted by atomic mass is 35.5. The number of halogens is 3. The summed E-state index contributed by atoms with van der Waals surface area (Å²) in [6, 6.07) is 6.28. The second-order valence-corrected chi connectivity index (χ2v) is 7.78. The maximum atomic E-state index is 12.6. The van der Waals surface area contributed by atoms with E-state index in [1.54, 1.807) is 12.1 Å². The summed E-state index contributed by atoms with van der Waals surface area (Å²) in [4.78, 5) is 9.17. The van der Waals surface area contributed by atoms with Crippen molar-refractivity contribution in [2.45, 2.75) is 46.0 Å². The van der Waals surface area contributed by atoms with Crippen LogP contribution in [-0.2, 0) is 5.92 Å². The van der Waals surface area contributed by atoms with Crippen LogP contribution >= 0.6 is 11.6 Å². The Morgan fingerprint density at radius 3 is 2.28 bits per heavy atom. The average Bonchev–Trinajstić information content (AvgIpc) is 2.69. The second kappa shape index (κ2) is 13.7. The van der Waals surface area contributed by atoms with Crippen LogP contribution in [0.2, 0.25) is 0 Å². The second-order valence-electron chi connectivity index (χ2n) is 7.40. The third-order valence-electron chi connectivity index (χ3n) is 4.88. The molecule has 0 bridgehead atoms. The molecule has 1 fully saturated rings. The van der Waals surface area contributed by atoms with E-state index in [9.17, 15) is 8.78 Å². The van der Waals surface area contributed by atoms with Crippen LogP contribution in [0.15, 0.2) is 41.4 Å². The van der Waals surface area contributed by atoms with Crippen LogP contribution in [-0.4, -0.2) is 61.3 Å². The lowest BCUT2D eigenvalue weighted by atomic mass is 10.1. The molecule has 0 saturated carbocycles. The summed E-state index contributed by atoms with van der Waals surface area (Å²) in [5.41, 5.74) is 1.07. The van der Waals surface area contributed by atoms with E-state index < -0.39 is 5.92 Å². The molecule has 1 heterocycles. The van der Waals surface area contributed by atoms with E-state index >= 15 is 0 Å². The molecule has 1 saturated heterocycles.